The van der Waals surface area contributed by atoms with Gasteiger partial charge in [0, 0.05) is 11.1 Å². The Morgan fingerprint density at radius 3 is 2.29 bits per heavy atom. The van der Waals surface area contributed by atoms with E-state index in [0.29, 0.717) is 0 Å². The molecule has 120 valence electrons. The molecule has 0 saturated carbocycles. The van der Waals surface area contributed by atoms with Crippen molar-refractivity contribution < 1.29 is 4.74 Å². The van der Waals surface area contributed by atoms with Crippen molar-refractivity contribution in [3.8, 4) is 5.75 Å². The van der Waals surface area contributed by atoms with Gasteiger partial charge in [-0.05, 0) is 65.0 Å². The second kappa shape index (κ2) is 7.28. The van der Waals surface area contributed by atoms with Gasteiger partial charge in [-0.25, -0.2) is 0 Å². The maximum absolute atomic E-state index is 5.70. The Bertz CT molecular complexity index is 471. The van der Waals surface area contributed by atoms with Gasteiger partial charge in [0.1, 0.15) is 5.75 Å². The van der Waals surface area contributed by atoms with E-state index in [1.54, 1.807) is 7.11 Å². The number of likely N-dealkylation sites (N-methyl/N-ethyl adjacent to an activating group) is 2. The Morgan fingerprint density at radius 2 is 1.86 bits per heavy atom. The average Bonchev–Trinajstić information content (AvgIpc) is 2.43. The molecule has 3 nitrogen and oxygen atoms in total. The van der Waals surface area contributed by atoms with E-state index in [9.17, 15) is 0 Å². The third-order valence-electron chi connectivity index (χ3n) is 4.77. The van der Waals surface area contributed by atoms with Gasteiger partial charge in [0.25, 0.3) is 0 Å². The maximum atomic E-state index is 5.70. The molecular formula is C18H32N2O. The number of benzene rings is 1. The minimum Gasteiger partial charge on any atom is -0.496 e. The lowest BCUT2D eigenvalue weighted by Gasteiger charge is -2.44. The highest BCUT2D eigenvalue weighted by atomic mass is 16.5. The normalized spacial score (nSPS) is 15.9. The molecule has 0 spiro atoms. The van der Waals surface area contributed by atoms with Crippen LogP contribution in [-0.4, -0.2) is 38.2 Å². The largest absolute Gasteiger partial charge is 0.496 e. The summed E-state index contributed by atoms with van der Waals surface area (Å²) in [6, 6.07) is 4.62. The van der Waals surface area contributed by atoms with Crippen LogP contribution in [0.4, 0.5) is 0 Å². The number of nitrogens with one attached hydrogen (secondary N) is 1. The van der Waals surface area contributed by atoms with Crippen LogP contribution in [-0.2, 0) is 0 Å². The van der Waals surface area contributed by atoms with Crippen LogP contribution in [0.3, 0.4) is 0 Å². The summed E-state index contributed by atoms with van der Waals surface area (Å²) in [5.41, 5.74) is 3.84. The number of nitrogens with zero attached hydrogens (tertiary/aromatic N) is 1. The monoisotopic (exact) mass is 292 g/mol. The molecule has 2 unspecified atom stereocenters. The molecule has 1 aromatic carbocycles. The molecule has 1 aromatic rings. The number of aryl methyl sites for hydroxylation is 2. The summed E-state index contributed by atoms with van der Waals surface area (Å²) >= 11 is 0. The molecule has 3 heteroatoms. The number of hydrogen-bond acceptors (Lipinski definition) is 3. The smallest absolute Gasteiger partial charge is 0.124 e. The van der Waals surface area contributed by atoms with Crippen molar-refractivity contribution in [2.75, 3.05) is 27.7 Å². The SMILES string of the molecule is CCNC(c1c(C)cc(C)cc1OC)C(C)(CC)N(C)C. The fourth-order valence-corrected chi connectivity index (χ4v) is 3.09. The Hall–Kier alpha value is -1.06. The quantitative estimate of drug-likeness (QED) is 0.829. The van der Waals surface area contributed by atoms with Gasteiger partial charge in [-0.15, -0.1) is 0 Å². The maximum Gasteiger partial charge on any atom is 0.124 e. The minimum atomic E-state index is 0.0311. The molecule has 0 aliphatic rings. The van der Waals surface area contributed by atoms with E-state index < -0.39 is 0 Å². The zero-order valence-electron chi connectivity index (χ0n) is 15.0. The van der Waals surface area contributed by atoms with E-state index in [0.717, 1.165) is 18.7 Å². The van der Waals surface area contributed by atoms with Crippen LogP contribution in [0.25, 0.3) is 0 Å². The van der Waals surface area contributed by atoms with Crippen LogP contribution >= 0.6 is 0 Å². The van der Waals surface area contributed by atoms with Gasteiger partial charge in [0.05, 0.1) is 13.2 Å². The highest BCUT2D eigenvalue weighted by Crippen LogP contribution is 2.39. The molecule has 0 amide bonds. The molecule has 0 heterocycles. The lowest BCUT2D eigenvalue weighted by Crippen LogP contribution is -2.51. The van der Waals surface area contributed by atoms with Crippen LogP contribution in [0, 0.1) is 13.8 Å². The van der Waals surface area contributed by atoms with Crippen molar-refractivity contribution in [1.82, 2.24) is 10.2 Å². The van der Waals surface area contributed by atoms with Crippen molar-refractivity contribution in [1.29, 1.82) is 0 Å². The second-order valence-electron chi connectivity index (χ2n) is 6.29. The van der Waals surface area contributed by atoms with Crippen LogP contribution in [0.2, 0.25) is 0 Å². The first-order chi connectivity index (χ1) is 9.81. The first-order valence-electron chi connectivity index (χ1n) is 7.87. The summed E-state index contributed by atoms with van der Waals surface area (Å²) < 4.78 is 5.70. The Kier molecular flexibility index (Phi) is 6.24. The van der Waals surface area contributed by atoms with Crippen molar-refractivity contribution >= 4 is 0 Å². The van der Waals surface area contributed by atoms with E-state index in [4.69, 9.17) is 4.74 Å². The van der Waals surface area contributed by atoms with E-state index in [1.807, 2.05) is 0 Å². The van der Waals surface area contributed by atoms with Crippen molar-refractivity contribution in [3.63, 3.8) is 0 Å². The van der Waals surface area contributed by atoms with E-state index in [-0.39, 0.29) is 11.6 Å². The number of rotatable bonds is 7. The standard InChI is InChI=1S/C18H32N2O/c1-9-18(5,20(6)7)17(19-10-2)16-14(4)11-13(3)12-15(16)21-8/h11-12,17,19H,9-10H2,1-8H3. The third-order valence-corrected chi connectivity index (χ3v) is 4.77. The van der Waals surface area contributed by atoms with Gasteiger partial charge in [-0.1, -0.05) is 19.9 Å². The van der Waals surface area contributed by atoms with Gasteiger partial charge >= 0.3 is 0 Å². The van der Waals surface area contributed by atoms with E-state index in [1.165, 1.54) is 16.7 Å². The van der Waals surface area contributed by atoms with Gasteiger partial charge < -0.3 is 15.0 Å². The van der Waals surface area contributed by atoms with Gasteiger partial charge in [0.15, 0.2) is 0 Å². The van der Waals surface area contributed by atoms with Crippen LogP contribution in [0.1, 0.15) is 49.9 Å². The molecule has 0 fully saturated rings. The van der Waals surface area contributed by atoms with Gasteiger partial charge in [-0.3, -0.25) is 0 Å². The Morgan fingerprint density at radius 1 is 1.24 bits per heavy atom. The fraction of sp³-hybridized carbons (Fsp3) is 0.667. The summed E-state index contributed by atoms with van der Waals surface area (Å²) in [5.74, 6) is 0.986. The summed E-state index contributed by atoms with van der Waals surface area (Å²) in [7, 11) is 6.08. The molecule has 0 radical (unpaired) electrons. The van der Waals surface area contributed by atoms with Crippen LogP contribution in [0.5, 0.6) is 5.75 Å². The number of hydrogen-bond donors (Lipinski definition) is 1. The molecule has 0 aliphatic carbocycles. The summed E-state index contributed by atoms with van der Waals surface area (Å²) in [5, 5.41) is 3.69. The molecule has 0 aromatic heterocycles. The Labute approximate surface area is 130 Å². The fourth-order valence-electron chi connectivity index (χ4n) is 3.09. The van der Waals surface area contributed by atoms with Crippen molar-refractivity contribution in [2.45, 2.75) is 52.6 Å². The van der Waals surface area contributed by atoms with Crippen molar-refractivity contribution in [3.05, 3.63) is 28.8 Å². The average molecular weight is 292 g/mol. The zero-order chi connectivity index (χ0) is 16.2. The predicted molar refractivity (Wildman–Crippen MR) is 91.3 cm³/mol. The molecular weight excluding hydrogens is 260 g/mol. The third kappa shape index (κ3) is 3.58. The molecule has 1 N–H and O–H groups in total. The Balaban J connectivity index is 3.48. The van der Waals surface area contributed by atoms with Crippen LogP contribution < -0.4 is 10.1 Å². The van der Waals surface area contributed by atoms with Crippen LogP contribution in [0.15, 0.2) is 12.1 Å². The lowest BCUT2D eigenvalue weighted by molar-refractivity contribution is 0.112. The van der Waals surface area contributed by atoms with E-state index >= 15 is 0 Å². The molecule has 2 atom stereocenters. The summed E-state index contributed by atoms with van der Waals surface area (Å²) in [4.78, 5) is 2.32. The number of methoxy groups -OCH3 is 1. The molecule has 0 bridgehead atoms. The molecule has 1 rings (SSSR count). The molecule has 0 aliphatic heterocycles. The van der Waals surface area contributed by atoms with Gasteiger partial charge in [0.2, 0.25) is 0 Å². The first-order valence-corrected chi connectivity index (χ1v) is 7.87. The lowest BCUT2D eigenvalue weighted by atomic mass is 9.81. The van der Waals surface area contributed by atoms with Crippen molar-refractivity contribution in [2.24, 2.45) is 0 Å². The topological polar surface area (TPSA) is 24.5 Å². The second-order valence-corrected chi connectivity index (χ2v) is 6.29. The minimum absolute atomic E-state index is 0.0311. The van der Waals surface area contributed by atoms with Gasteiger partial charge in [-0.2, -0.15) is 0 Å². The summed E-state index contributed by atoms with van der Waals surface area (Å²) in [6.45, 7) is 12.0. The highest BCUT2D eigenvalue weighted by molar-refractivity contribution is 5.46. The molecule has 0 saturated heterocycles. The first kappa shape index (κ1) is 18.0. The zero-order valence-corrected chi connectivity index (χ0v) is 15.0. The predicted octanol–water partition coefficient (Wildman–Crippen LogP) is 3.69. The summed E-state index contributed by atoms with van der Waals surface area (Å²) in [6.07, 6.45) is 1.06. The highest BCUT2D eigenvalue weighted by Gasteiger charge is 2.37. The number of ether oxygens (including phenoxy) is 1. The van der Waals surface area contributed by atoms with E-state index in [2.05, 4.69) is 71.1 Å². The molecule has 21 heavy (non-hydrogen) atoms.